The standard InChI is InChI=1S/C13H20N2O2/c1-9(2)11(13(16)17)12(15(3)4)10-6-5-7-14-8-10/h5-9,11-12H,1-4H3,(H,16,17). The Morgan fingerprint density at radius 3 is 2.41 bits per heavy atom. The van der Waals surface area contributed by atoms with Crippen molar-refractivity contribution in [3.63, 3.8) is 0 Å². The minimum Gasteiger partial charge on any atom is -0.481 e. The first kappa shape index (κ1) is 13.6. The zero-order valence-corrected chi connectivity index (χ0v) is 10.8. The Hall–Kier alpha value is -1.42. The van der Waals surface area contributed by atoms with E-state index in [2.05, 4.69) is 4.98 Å². The predicted octanol–water partition coefficient (Wildman–Crippen LogP) is 2.04. The van der Waals surface area contributed by atoms with Crippen LogP contribution in [0.5, 0.6) is 0 Å². The maximum absolute atomic E-state index is 11.4. The summed E-state index contributed by atoms with van der Waals surface area (Å²) in [6, 6.07) is 3.61. The van der Waals surface area contributed by atoms with Crippen LogP contribution in [0.4, 0.5) is 0 Å². The smallest absolute Gasteiger partial charge is 0.308 e. The third-order valence-electron chi connectivity index (χ3n) is 2.93. The van der Waals surface area contributed by atoms with E-state index >= 15 is 0 Å². The van der Waals surface area contributed by atoms with Crippen LogP contribution in [0.25, 0.3) is 0 Å². The Morgan fingerprint density at radius 1 is 1.41 bits per heavy atom. The molecule has 2 unspecified atom stereocenters. The van der Waals surface area contributed by atoms with Crippen LogP contribution < -0.4 is 0 Å². The van der Waals surface area contributed by atoms with Gasteiger partial charge in [0, 0.05) is 18.4 Å². The van der Waals surface area contributed by atoms with Gasteiger partial charge >= 0.3 is 5.97 Å². The number of aromatic nitrogens is 1. The van der Waals surface area contributed by atoms with Crippen molar-refractivity contribution in [2.75, 3.05) is 14.1 Å². The molecule has 1 aromatic heterocycles. The number of nitrogens with zero attached hydrogens (tertiary/aromatic N) is 2. The Morgan fingerprint density at radius 2 is 2.06 bits per heavy atom. The number of rotatable bonds is 5. The molecule has 1 heterocycles. The summed E-state index contributed by atoms with van der Waals surface area (Å²) in [6.07, 6.45) is 3.43. The fourth-order valence-electron chi connectivity index (χ4n) is 2.16. The molecule has 94 valence electrons. The number of carboxylic acids is 1. The Labute approximate surface area is 102 Å². The van der Waals surface area contributed by atoms with Gasteiger partial charge in [-0.25, -0.2) is 0 Å². The Bertz CT molecular complexity index is 363. The lowest BCUT2D eigenvalue weighted by atomic mass is 9.84. The van der Waals surface area contributed by atoms with E-state index < -0.39 is 11.9 Å². The molecule has 1 aromatic rings. The number of hydrogen-bond donors (Lipinski definition) is 1. The van der Waals surface area contributed by atoms with Crippen molar-refractivity contribution >= 4 is 5.97 Å². The molecule has 2 atom stereocenters. The van der Waals surface area contributed by atoms with Gasteiger partial charge in [0.1, 0.15) is 0 Å². The average Bonchev–Trinajstić information content (AvgIpc) is 2.25. The van der Waals surface area contributed by atoms with Crippen LogP contribution in [-0.2, 0) is 4.79 Å². The first-order chi connectivity index (χ1) is 7.95. The molecule has 0 aromatic carbocycles. The summed E-state index contributed by atoms with van der Waals surface area (Å²) in [4.78, 5) is 17.4. The fourth-order valence-corrected chi connectivity index (χ4v) is 2.16. The molecule has 4 heteroatoms. The Kier molecular flexibility index (Phi) is 4.63. The van der Waals surface area contributed by atoms with Gasteiger partial charge in [0.05, 0.1) is 5.92 Å². The second-order valence-corrected chi connectivity index (χ2v) is 4.80. The van der Waals surface area contributed by atoms with Gasteiger partial charge in [-0.3, -0.25) is 9.78 Å². The molecule has 0 bridgehead atoms. The first-order valence-corrected chi connectivity index (χ1v) is 5.74. The zero-order chi connectivity index (χ0) is 13.0. The summed E-state index contributed by atoms with van der Waals surface area (Å²) >= 11 is 0. The summed E-state index contributed by atoms with van der Waals surface area (Å²) in [5.41, 5.74) is 0.943. The Balaban J connectivity index is 3.12. The molecule has 0 aliphatic carbocycles. The van der Waals surface area contributed by atoms with E-state index in [4.69, 9.17) is 0 Å². The van der Waals surface area contributed by atoms with Gasteiger partial charge in [0.25, 0.3) is 0 Å². The summed E-state index contributed by atoms with van der Waals surface area (Å²) in [5.74, 6) is -1.13. The van der Waals surface area contributed by atoms with Gasteiger partial charge in [-0.2, -0.15) is 0 Å². The van der Waals surface area contributed by atoms with E-state index in [1.165, 1.54) is 0 Å². The van der Waals surface area contributed by atoms with E-state index in [0.29, 0.717) is 0 Å². The van der Waals surface area contributed by atoms with Crippen LogP contribution in [0, 0.1) is 11.8 Å². The minimum atomic E-state index is -0.762. The van der Waals surface area contributed by atoms with Crippen molar-refractivity contribution in [2.24, 2.45) is 11.8 Å². The molecule has 0 spiro atoms. The monoisotopic (exact) mass is 236 g/mol. The molecular weight excluding hydrogens is 216 g/mol. The maximum atomic E-state index is 11.4. The van der Waals surface area contributed by atoms with Crippen LogP contribution in [0.15, 0.2) is 24.5 Å². The van der Waals surface area contributed by atoms with E-state index in [1.807, 2.05) is 45.0 Å². The highest BCUT2D eigenvalue weighted by Crippen LogP contribution is 2.31. The molecule has 0 aliphatic rings. The van der Waals surface area contributed by atoms with Crippen molar-refractivity contribution in [3.05, 3.63) is 30.1 Å². The van der Waals surface area contributed by atoms with Crippen molar-refractivity contribution in [1.29, 1.82) is 0 Å². The second-order valence-electron chi connectivity index (χ2n) is 4.80. The van der Waals surface area contributed by atoms with E-state index in [1.54, 1.807) is 12.4 Å². The van der Waals surface area contributed by atoms with Gasteiger partial charge in [-0.1, -0.05) is 19.9 Å². The lowest BCUT2D eigenvalue weighted by Crippen LogP contribution is -2.35. The van der Waals surface area contributed by atoms with Crippen LogP contribution >= 0.6 is 0 Å². The fraction of sp³-hybridized carbons (Fsp3) is 0.538. The summed E-state index contributed by atoms with van der Waals surface area (Å²) < 4.78 is 0. The number of aliphatic carboxylic acids is 1. The predicted molar refractivity (Wildman–Crippen MR) is 66.6 cm³/mol. The SMILES string of the molecule is CC(C)C(C(=O)O)C(c1cccnc1)N(C)C. The third-order valence-corrected chi connectivity index (χ3v) is 2.93. The number of pyridine rings is 1. The molecule has 4 nitrogen and oxygen atoms in total. The van der Waals surface area contributed by atoms with Crippen LogP contribution in [0.2, 0.25) is 0 Å². The molecule has 0 radical (unpaired) electrons. The highest BCUT2D eigenvalue weighted by atomic mass is 16.4. The summed E-state index contributed by atoms with van der Waals surface area (Å²) in [6.45, 7) is 3.87. The summed E-state index contributed by atoms with van der Waals surface area (Å²) in [5, 5.41) is 9.38. The normalized spacial score (nSPS) is 14.9. The molecule has 0 aliphatic heterocycles. The molecule has 0 saturated heterocycles. The molecule has 1 rings (SSSR count). The first-order valence-electron chi connectivity index (χ1n) is 5.74. The van der Waals surface area contributed by atoms with Crippen LogP contribution in [0.1, 0.15) is 25.5 Å². The topological polar surface area (TPSA) is 53.4 Å². The van der Waals surface area contributed by atoms with Gasteiger partial charge in [-0.05, 0) is 31.6 Å². The average molecular weight is 236 g/mol. The molecular formula is C13H20N2O2. The second kappa shape index (κ2) is 5.77. The highest BCUT2D eigenvalue weighted by Gasteiger charge is 2.33. The van der Waals surface area contributed by atoms with E-state index in [0.717, 1.165) is 5.56 Å². The van der Waals surface area contributed by atoms with E-state index in [9.17, 15) is 9.90 Å². The van der Waals surface area contributed by atoms with Gasteiger partial charge in [-0.15, -0.1) is 0 Å². The maximum Gasteiger partial charge on any atom is 0.308 e. The van der Waals surface area contributed by atoms with Gasteiger partial charge < -0.3 is 10.0 Å². The zero-order valence-electron chi connectivity index (χ0n) is 10.8. The highest BCUT2D eigenvalue weighted by molar-refractivity contribution is 5.71. The lowest BCUT2D eigenvalue weighted by molar-refractivity contribution is -0.146. The van der Waals surface area contributed by atoms with Crippen LogP contribution in [0.3, 0.4) is 0 Å². The van der Waals surface area contributed by atoms with Gasteiger partial charge in [0.2, 0.25) is 0 Å². The molecule has 1 N–H and O–H groups in total. The summed E-state index contributed by atoms with van der Waals surface area (Å²) in [7, 11) is 3.80. The van der Waals surface area contributed by atoms with Crippen molar-refractivity contribution in [2.45, 2.75) is 19.9 Å². The number of carbonyl (C=O) groups is 1. The van der Waals surface area contributed by atoms with Crippen molar-refractivity contribution < 1.29 is 9.90 Å². The lowest BCUT2D eigenvalue weighted by Gasteiger charge is -2.32. The van der Waals surface area contributed by atoms with Gasteiger partial charge in [0.15, 0.2) is 0 Å². The minimum absolute atomic E-state index is 0.0695. The quantitative estimate of drug-likeness (QED) is 0.850. The van der Waals surface area contributed by atoms with E-state index in [-0.39, 0.29) is 12.0 Å². The van der Waals surface area contributed by atoms with Crippen molar-refractivity contribution in [3.8, 4) is 0 Å². The van der Waals surface area contributed by atoms with Crippen molar-refractivity contribution in [1.82, 2.24) is 9.88 Å². The molecule has 0 amide bonds. The molecule has 0 saturated carbocycles. The number of carboxylic acid groups (broad SMARTS) is 1. The number of hydrogen-bond acceptors (Lipinski definition) is 3. The largest absolute Gasteiger partial charge is 0.481 e. The van der Waals surface area contributed by atoms with Crippen LogP contribution in [-0.4, -0.2) is 35.1 Å². The molecule has 0 fully saturated rings. The third kappa shape index (κ3) is 3.27. The molecule has 17 heavy (non-hydrogen) atoms.